The van der Waals surface area contributed by atoms with Gasteiger partial charge in [0.2, 0.25) is 11.8 Å². The molecule has 10 heteroatoms. The van der Waals surface area contributed by atoms with E-state index in [1.165, 1.54) is 0 Å². The van der Waals surface area contributed by atoms with Crippen LogP contribution in [0.5, 0.6) is 5.88 Å². The van der Waals surface area contributed by atoms with Crippen LogP contribution in [0.4, 0.5) is 5.82 Å². The molecule has 1 aromatic carbocycles. The third-order valence-corrected chi connectivity index (χ3v) is 4.30. The standard InChI is InChI=1S/C17H16ClN7O2/c18-12-1-3-13(4-2-12)25-14(9-20-23-25)11-27-17-6-5-15(21-22-17)24-8-7-19-16(26)10-24/h1-6,9H,7-8,10-11H2,(H,19,26). The van der Waals surface area contributed by atoms with Gasteiger partial charge in [0.05, 0.1) is 18.4 Å². The molecule has 3 heterocycles. The first-order valence-electron chi connectivity index (χ1n) is 8.33. The Balaban J connectivity index is 1.41. The number of carbonyl (C=O) groups excluding carboxylic acids is 1. The Labute approximate surface area is 159 Å². The maximum absolute atomic E-state index is 11.5. The van der Waals surface area contributed by atoms with Crippen LogP contribution in [-0.4, -0.2) is 50.7 Å². The summed E-state index contributed by atoms with van der Waals surface area (Å²) < 4.78 is 7.37. The van der Waals surface area contributed by atoms with Gasteiger partial charge in [-0.3, -0.25) is 4.79 Å². The number of benzene rings is 1. The van der Waals surface area contributed by atoms with Crippen molar-refractivity contribution in [2.45, 2.75) is 6.61 Å². The largest absolute Gasteiger partial charge is 0.470 e. The summed E-state index contributed by atoms with van der Waals surface area (Å²) in [4.78, 5) is 13.3. The molecule has 1 amide bonds. The van der Waals surface area contributed by atoms with E-state index in [0.29, 0.717) is 29.8 Å². The lowest BCUT2D eigenvalue weighted by Crippen LogP contribution is -2.48. The van der Waals surface area contributed by atoms with E-state index in [1.54, 1.807) is 35.1 Å². The highest BCUT2D eigenvalue weighted by molar-refractivity contribution is 6.30. The van der Waals surface area contributed by atoms with E-state index >= 15 is 0 Å². The lowest BCUT2D eigenvalue weighted by atomic mass is 10.3. The summed E-state index contributed by atoms with van der Waals surface area (Å²) in [5.74, 6) is 1.00. The molecule has 1 saturated heterocycles. The summed E-state index contributed by atoms with van der Waals surface area (Å²) >= 11 is 5.92. The Bertz CT molecular complexity index is 927. The van der Waals surface area contributed by atoms with Crippen LogP contribution in [0, 0.1) is 0 Å². The zero-order chi connectivity index (χ0) is 18.6. The molecule has 1 fully saturated rings. The Kier molecular flexibility index (Phi) is 4.84. The van der Waals surface area contributed by atoms with E-state index in [4.69, 9.17) is 16.3 Å². The number of piperazine rings is 1. The van der Waals surface area contributed by atoms with Gasteiger partial charge in [-0.2, -0.15) is 0 Å². The van der Waals surface area contributed by atoms with Crippen molar-refractivity contribution < 1.29 is 9.53 Å². The molecule has 27 heavy (non-hydrogen) atoms. The van der Waals surface area contributed by atoms with Crippen LogP contribution in [0.25, 0.3) is 5.69 Å². The smallest absolute Gasteiger partial charge is 0.239 e. The van der Waals surface area contributed by atoms with E-state index in [9.17, 15) is 4.79 Å². The minimum atomic E-state index is -0.0219. The first-order chi connectivity index (χ1) is 13.2. The summed E-state index contributed by atoms with van der Waals surface area (Å²) in [6.45, 7) is 1.81. The van der Waals surface area contributed by atoms with Crippen molar-refractivity contribution in [2.24, 2.45) is 0 Å². The molecule has 2 aromatic heterocycles. The number of hydrogen-bond acceptors (Lipinski definition) is 7. The molecule has 0 aliphatic carbocycles. The van der Waals surface area contributed by atoms with Gasteiger partial charge in [-0.05, 0) is 30.3 Å². The highest BCUT2D eigenvalue weighted by Gasteiger charge is 2.18. The second-order valence-corrected chi connectivity index (χ2v) is 6.34. The van der Waals surface area contributed by atoms with Gasteiger partial charge >= 0.3 is 0 Å². The summed E-state index contributed by atoms with van der Waals surface area (Å²) in [6, 6.07) is 10.8. The molecular weight excluding hydrogens is 370 g/mol. The number of rotatable bonds is 5. The third-order valence-electron chi connectivity index (χ3n) is 4.05. The van der Waals surface area contributed by atoms with Gasteiger partial charge in [-0.15, -0.1) is 15.3 Å². The molecule has 1 aliphatic heterocycles. The maximum Gasteiger partial charge on any atom is 0.239 e. The first-order valence-corrected chi connectivity index (χ1v) is 8.70. The minimum absolute atomic E-state index is 0.0219. The normalized spacial score (nSPS) is 14.1. The molecule has 138 valence electrons. The SMILES string of the molecule is O=C1CN(c2ccc(OCc3cnnn3-c3ccc(Cl)cc3)nn2)CCN1. The van der Waals surface area contributed by atoms with E-state index in [1.807, 2.05) is 17.0 Å². The second-order valence-electron chi connectivity index (χ2n) is 5.90. The Morgan fingerprint density at radius 2 is 2.00 bits per heavy atom. The van der Waals surface area contributed by atoms with Gasteiger partial charge in [0.1, 0.15) is 12.3 Å². The molecule has 1 N–H and O–H groups in total. The van der Waals surface area contributed by atoms with E-state index in [-0.39, 0.29) is 19.1 Å². The molecular formula is C17H16ClN7O2. The fourth-order valence-electron chi connectivity index (χ4n) is 2.70. The monoisotopic (exact) mass is 385 g/mol. The lowest BCUT2D eigenvalue weighted by molar-refractivity contribution is -0.120. The Hall–Kier alpha value is -3.20. The van der Waals surface area contributed by atoms with Crippen LogP contribution >= 0.6 is 11.6 Å². The van der Waals surface area contributed by atoms with Crippen LogP contribution in [-0.2, 0) is 11.4 Å². The third kappa shape index (κ3) is 3.98. The molecule has 0 spiro atoms. The number of amides is 1. The molecule has 0 saturated carbocycles. The average Bonchev–Trinajstić information content (AvgIpc) is 3.16. The number of halogens is 1. The average molecular weight is 386 g/mol. The summed E-state index contributed by atoms with van der Waals surface area (Å²) in [5, 5.41) is 19.7. The predicted molar refractivity (Wildman–Crippen MR) is 98.0 cm³/mol. The van der Waals surface area contributed by atoms with Crippen molar-refractivity contribution in [3.8, 4) is 11.6 Å². The Morgan fingerprint density at radius 1 is 1.15 bits per heavy atom. The zero-order valence-corrected chi connectivity index (χ0v) is 15.0. The fraction of sp³-hybridized carbons (Fsp3) is 0.235. The Morgan fingerprint density at radius 3 is 2.74 bits per heavy atom. The van der Waals surface area contributed by atoms with Crippen molar-refractivity contribution >= 4 is 23.3 Å². The second kappa shape index (κ2) is 7.58. The van der Waals surface area contributed by atoms with Crippen LogP contribution < -0.4 is 15.0 Å². The topological polar surface area (TPSA) is 98.1 Å². The number of nitrogens with zero attached hydrogens (tertiary/aromatic N) is 6. The molecule has 9 nitrogen and oxygen atoms in total. The van der Waals surface area contributed by atoms with Crippen LogP contribution in [0.15, 0.2) is 42.6 Å². The van der Waals surface area contributed by atoms with E-state index in [0.717, 1.165) is 11.4 Å². The van der Waals surface area contributed by atoms with Crippen LogP contribution in [0.2, 0.25) is 5.02 Å². The number of aromatic nitrogens is 5. The number of nitrogens with one attached hydrogen (secondary N) is 1. The van der Waals surface area contributed by atoms with E-state index < -0.39 is 0 Å². The molecule has 3 aromatic rings. The zero-order valence-electron chi connectivity index (χ0n) is 14.2. The maximum atomic E-state index is 11.5. The number of anilines is 1. The number of ether oxygens (including phenoxy) is 1. The minimum Gasteiger partial charge on any atom is -0.470 e. The molecule has 0 radical (unpaired) electrons. The highest BCUT2D eigenvalue weighted by atomic mass is 35.5. The van der Waals surface area contributed by atoms with Crippen molar-refractivity contribution in [2.75, 3.05) is 24.5 Å². The first kappa shape index (κ1) is 17.2. The quantitative estimate of drug-likeness (QED) is 0.705. The molecule has 0 atom stereocenters. The molecule has 0 bridgehead atoms. The number of hydrogen-bond donors (Lipinski definition) is 1. The van der Waals surface area contributed by atoms with Crippen molar-refractivity contribution in [1.29, 1.82) is 0 Å². The fourth-order valence-corrected chi connectivity index (χ4v) is 2.82. The summed E-state index contributed by atoms with van der Waals surface area (Å²) in [5.41, 5.74) is 1.59. The van der Waals surface area contributed by atoms with E-state index in [2.05, 4.69) is 25.8 Å². The summed E-state index contributed by atoms with van der Waals surface area (Å²) in [6.07, 6.45) is 1.63. The van der Waals surface area contributed by atoms with Crippen molar-refractivity contribution in [3.05, 3.63) is 53.3 Å². The van der Waals surface area contributed by atoms with Gasteiger partial charge in [-0.1, -0.05) is 16.8 Å². The summed E-state index contributed by atoms with van der Waals surface area (Å²) in [7, 11) is 0. The van der Waals surface area contributed by atoms with Gasteiger partial charge < -0.3 is 15.0 Å². The highest BCUT2D eigenvalue weighted by Crippen LogP contribution is 2.17. The van der Waals surface area contributed by atoms with Gasteiger partial charge in [0.15, 0.2) is 5.82 Å². The number of carbonyl (C=O) groups is 1. The van der Waals surface area contributed by atoms with Gasteiger partial charge in [0, 0.05) is 24.2 Å². The predicted octanol–water partition coefficient (Wildman–Crippen LogP) is 1.23. The van der Waals surface area contributed by atoms with Crippen molar-refractivity contribution in [1.82, 2.24) is 30.5 Å². The molecule has 1 aliphatic rings. The van der Waals surface area contributed by atoms with Crippen LogP contribution in [0.3, 0.4) is 0 Å². The molecule has 4 rings (SSSR count). The van der Waals surface area contributed by atoms with Crippen molar-refractivity contribution in [3.63, 3.8) is 0 Å². The molecule has 0 unspecified atom stereocenters. The van der Waals surface area contributed by atoms with Gasteiger partial charge in [-0.25, -0.2) is 4.68 Å². The van der Waals surface area contributed by atoms with Crippen LogP contribution in [0.1, 0.15) is 5.69 Å². The van der Waals surface area contributed by atoms with Gasteiger partial charge in [0.25, 0.3) is 0 Å². The lowest BCUT2D eigenvalue weighted by Gasteiger charge is -2.26.